The van der Waals surface area contributed by atoms with Crippen LogP contribution in [0, 0.1) is 0 Å². The quantitative estimate of drug-likeness (QED) is 0.262. The molecule has 0 amide bonds. The summed E-state index contributed by atoms with van der Waals surface area (Å²) < 4.78 is 31.6. The second-order valence-corrected chi connectivity index (χ2v) is 2.54. The number of hydrogen-bond donors (Lipinski definition) is 5. The topological polar surface area (TPSA) is 127 Å². The molecule has 0 bridgehead atoms. The molecule has 0 spiro atoms. The molecule has 5 N–H and O–H groups in total. The fraction of sp³-hybridized carbons (Fsp3) is 1.00. The molecule has 0 aromatic carbocycles. The predicted molar refractivity (Wildman–Crippen MR) is 41.2 cm³/mol. The first-order valence-electron chi connectivity index (χ1n) is 3.04. The maximum Gasteiger partial charge on any atom is 0.394 e. The molecule has 8 heteroatoms. The summed E-state index contributed by atoms with van der Waals surface area (Å²) in [5.74, 6) is 0. The molecular weight excluding hydrogens is 190 g/mol. The molecule has 0 aliphatic carbocycles. The van der Waals surface area contributed by atoms with E-state index in [4.69, 9.17) is 27.7 Å². The molecule has 0 heterocycles. The normalized spacial score (nSPS) is 10.3. The third-order valence-electron chi connectivity index (χ3n) is 0.577. The number of nitrogens with one attached hydrogen (secondary N) is 1. The molecule has 7 nitrogen and oxygen atoms in total. The maximum absolute atomic E-state index is 8.74. The lowest BCUT2D eigenvalue weighted by molar-refractivity contribution is 0.266. The third-order valence-corrected chi connectivity index (χ3v) is 0.577. The van der Waals surface area contributed by atoms with Crippen LogP contribution < -0.4 is 5.32 Å². The average molecular weight is 203 g/mol. The summed E-state index contributed by atoms with van der Waals surface area (Å²) in [6.07, 6.45) is 0. The van der Waals surface area contributed by atoms with Gasteiger partial charge in [-0.25, -0.2) is 0 Å². The van der Waals surface area contributed by atoms with Gasteiger partial charge in [0.2, 0.25) is 0 Å². The van der Waals surface area contributed by atoms with E-state index in [1.807, 2.05) is 0 Å². The van der Waals surface area contributed by atoms with Gasteiger partial charge in [0.05, 0.1) is 13.2 Å². The smallest absolute Gasteiger partial charge is 0.394 e. The minimum Gasteiger partial charge on any atom is -0.395 e. The van der Waals surface area contributed by atoms with Crippen molar-refractivity contribution in [2.75, 3.05) is 26.3 Å². The van der Waals surface area contributed by atoms with E-state index >= 15 is 0 Å². The number of rotatable bonds is 4. The largest absolute Gasteiger partial charge is 0.395 e. The van der Waals surface area contributed by atoms with E-state index in [0.29, 0.717) is 13.1 Å². The number of aliphatic hydroxyl groups excluding tert-OH is 2. The predicted octanol–water partition coefficient (Wildman–Crippen LogP) is -2.09. The molecule has 0 aliphatic heterocycles. The second kappa shape index (κ2) is 8.84. The van der Waals surface area contributed by atoms with E-state index < -0.39 is 10.4 Å². The van der Waals surface area contributed by atoms with Gasteiger partial charge in [0.15, 0.2) is 0 Å². The van der Waals surface area contributed by atoms with Crippen LogP contribution in [0.25, 0.3) is 0 Å². The van der Waals surface area contributed by atoms with Crippen LogP contribution in [0.15, 0.2) is 0 Å². The molecule has 0 aromatic heterocycles. The lowest BCUT2D eigenvalue weighted by atomic mass is 10.6. The van der Waals surface area contributed by atoms with Crippen molar-refractivity contribution in [2.24, 2.45) is 0 Å². The monoisotopic (exact) mass is 203 g/mol. The Kier molecular flexibility index (Phi) is 10.5. The van der Waals surface area contributed by atoms with Gasteiger partial charge in [-0.1, -0.05) is 0 Å². The number of hydrogen-bond acceptors (Lipinski definition) is 5. The van der Waals surface area contributed by atoms with Gasteiger partial charge < -0.3 is 15.5 Å². The summed E-state index contributed by atoms with van der Waals surface area (Å²) in [5.41, 5.74) is 0. The van der Waals surface area contributed by atoms with Crippen molar-refractivity contribution >= 4 is 10.4 Å². The van der Waals surface area contributed by atoms with Crippen molar-refractivity contribution in [1.29, 1.82) is 0 Å². The number of aliphatic hydroxyl groups is 2. The Morgan fingerprint density at radius 3 is 1.42 bits per heavy atom. The van der Waals surface area contributed by atoms with E-state index in [9.17, 15) is 0 Å². The molecule has 0 atom stereocenters. The lowest BCUT2D eigenvalue weighted by Crippen LogP contribution is -2.21. The van der Waals surface area contributed by atoms with E-state index in [2.05, 4.69) is 5.32 Å². The Labute approximate surface area is 70.6 Å². The lowest BCUT2D eigenvalue weighted by Gasteiger charge is -1.94. The highest BCUT2D eigenvalue weighted by Crippen LogP contribution is 1.59. The van der Waals surface area contributed by atoms with Crippen molar-refractivity contribution in [3.8, 4) is 0 Å². The highest BCUT2D eigenvalue weighted by atomic mass is 32.3. The highest BCUT2D eigenvalue weighted by molar-refractivity contribution is 7.79. The van der Waals surface area contributed by atoms with E-state index in [0.717, 1.165) is 0 Å². The highest BCUT2D eigenvalue weighted by Gasteiger charge is 1.84. The molecular formula is C4H13NO6S. The first-order chi connectivity index (χ1) is 5.41. The van der Waals surface area contributed by atoms with Gasteiger partial charge in [-0.3, -0.25) is 9.11 Å². The van der Waals surface area contributed by atoms with Crippen LogP contribution in [0.3, 0.4) is 0 Å². The summed E-state index contributed by atoms with van der Waals surface area (Å²) in [5, 5.41) is 19.1. The minimum atomic E-state index is -4.67. The van der Waals surface area contributed by atoms with Crippen LogP contribution >= 0.6 is 0 Å². The van der Waals surface area contributed by atoms with Crippen LogP contribution in [0.5, 0.6) is 0 Å². The molecule has 0 unspecified atom stereocenters. The Morgan fingerprint density at radius 2 is 1.25 bits per heavy atom. The zero-order valence-electron chi connectivity index (χ0n) is 6.34. The molecule has 0 saturated carbocycles. The Bertz CT molecular complexity index is 154. The summed E-state index contributed by atoms with van der Waals surface area (Å²) in [4.78, 5) is 0. The van der Waals surface area contributed by atoms with Gasteiger partial charge in [0.25, 0.3) is 0 Å². The van der Waals surface area contributed by atoms with Gasteiger partial charge in [-0.05, 0) is 0 Å². The summed E-state index contributed by atoms with van der Waals surface area (Å²) >= 11 is 0. The average Bonchev–Trinajstić information content (AvgIpc) is 1.85. The molecule has 0 aromatic rings. The van der Waals surface area contributed by atoms with Crippen molar-refractivity contribution in [3.63, 3.8) is 0 Å². The van der Waals surface area contributed by atoms with Gasteiger partial charge in [-0.2, -0.15) is 8.42 Å². The van der Waals surface area contributed by atoms with Gasteiger partial charge in [0.1, 0.15) is 0 Å². The first kappa shape index (κ1) is 14.3. The summed E-state index contributed by atoms with van der Waals surface area (Å²) in [6.45, 7) is 1.42. The summed E-state index contributed by atoms with van der Waals surface area (Å²) in [6, 6.07) is 0. The first-order valence-corrected chi connectivity index (χ1v) is 4.44. The minimum absolute atomic E-state index is 0.139. The molecule has 0 radical (unpaired) electrons. The Hall–Kier alpha value is -0.250. The zero-order chi connectivity index (χ0) is 10.0. The fourth-order valence-electron chi connectivity index (χ4n) is 0.283. The molecule has 0 saturated heterocycles. The molecule has 0 aliphatic rings. The van der Waals surface area contributed by atoms with Crippen LogP contribution in [-0.2, 0) is 10.4 Å². The van der Waals surface area contributed by atoms with E-state index in [1.165, 1.54) is 0 Å². The Balaban J connectivity index is 0. The van der Waals surface area contributed by atoms with Crippen molar-refractivity contribution in [1.82, 2.24) is 5.32 Å². The van der Waals surface area contributed by atoms with Crippen LogP contribution in [0.1, 0.15) is 0 Å². The molecule has 12 heavy (non-hydrogen) atoms. The fourth-order valence-corrected chi connectivity index (χ4v) is 0.283. The third kappa shape index (κ3) is 53.1. The van der Waals surface area contributed by atoms with Gasteiger partial charge in [0, 0.05) is 13.1 Å². The van der Waals surface area contributed by atoms with E-state index in [-0.39, 0.29) is 13.2 Å². The summed E-state index contributed by atoms with van der Waals surface area (Å²) in [7, 11) is -4.67. The van der Waals surface area contributed by atoms with Crippen molar-refractivity contribution < 1.29 is 27.7 Å². The van der Waals surface area contributed by atoms with Gasteiger partial charge >= 0.3 is 10.4 Å². The zero-order valence-corrected chi connectivity index (χ0v) is 7.16. The Morgan fingerprint density at radius 1 is 1.00 bits per heavy atom. The molecule has 0 fully saturated rings. The van der Waals surface area contributed by atoms with Crippen LogP contribution in [0.2, 0.25) is 0 Å². The molecule has 0 rings (SSSR count). The second-order valence-electron chi connectivity index (χ2n) is 1.65. The van der Waals surface area contributed by atoms with Crippen LogP contribution in [-0.4, -0.2) is 54.0 Å². The SMILES string of the molecule is O=S(=O)(O)O.OCCNCCO. The van der Waals surface area contributed by atoms with Gasteiger partial charge in [-0.15, -0.1) is 0 Å². The van der Waals surface area contributed by atoms with Crippen molar-refractivity contribution in [3.05, 3.63) is 0 Å². The standard InChI is InChI=1S/C4H11NO2.H2O4S/c6-3-1-5-2-4-7;1-5(2,3)4/h5-7H,1-4H2;(H2,1,2,3,4). The van der Waals surface area contributed by atoms with Crippen LogP contribution in [0.4, 0.5) is 0 Å². The maximum atomic E-state index is 8.74. The van der Waals surface area contributed by atoms with E-state index in [1.54, 1.807) is 0 Å². The van der Waals surface area contributed by atoms with Crippen molar-refractivity contribution in [2.45, 2.75) is 0 Å². The molecule has 76 valence electrons.